The summed E-state index contributed by atoms with van der Waals surface area (Å²) in [6.07, 6.45) is 3.68. The molecular formula is C25H36O7. The molecule has 0 bridgehead atoms. The van der Waals surface area contributed by atoms with Crippen molar-refractivity contribution in [1.82, 2.24) is 0 Å². The van der Waals surface area contributed by atoms with Crippen molar-refractivity contribution < 1.29 is 33.6 Å². The molecule has 0 aromatic carbocycles. The second-order valence-corrected chi connectivity index (χ2v) is 9.62. The van der Waals surface area contributed by atoms with E-state index in [4.69, 9.17) is 18.9 Å². The number of hydrogen-bond donors (Lipinski definition) is 1. The molecule has 3 heterocycles. The van der Waals surface area contributed by atoms with Gasteiger partial charge in [-0.3, -0.25) is 4.79 Å². The Hall–Kier alpha value is -2.12. The number of allylic oxidation sites excluding steroid dienone is 3. The molecule has 0 unspecified atom stereocenters. The summed E-state index contributed by atoms with van der Waals surface area (Å²) in [4.78, 5) is 25.4. The molecule has 0 aliphatic carbocycles. The fraction of sp³-hybridized carbons (Fsp3) is 0.680. The number of carbonyl (C=O) groups is 2. The molecule has 5 atom stereocenters. The molecule has 7 nitrogen and oxygen atoms in total. The average Bonchev–Trinajstić information content (AvgIpc) is 3.20. The zero-order valence-electron chi connectivity index (χ0n) is 20.2. The Labute approximate surface area is 190 Å². The first-order chi connectivity index (χ1) is 15.0. The first-order valence-electron chi connectivity index (χ1n) is 11.4. The molecule has 3 rings (SSSR count). The third kappa shape index (κ3) is 4.64. The summed E-state index contributed by atoms with van der Waals surface area (Å²) >= 11 is 0. The van der Waals surface area contributed by atoms with E-state index in [0.717, 1.165) is 16.7 Å². The molecule has 3 aliphatic rings. The van der Waals surface area contributed by atoms with Gasteiger partial charge in [-0.1, -0.05) is 19.9 Å². The van der Waals surface area contributed by atoms with Crippen molar-refractivity contribution in [3.8, 4) is 0 Å². The van der Waals surface area contributed by atoms with E-state index in [1.54, 1.807) is 0 Å². The number of rotatable bonds is 2. The highest BCUT2D eigenvalue weighted by Crippen LogP contribution is 2.51. The Kier molecular flexibility index (Phi) is 7.20. The van der Waals surface area contributed by atoms with Crippen LogP contribution in [-0.2, 0) is 28.5 Å². The Morgan fingerprint density at radius 1 is 1.22 bits per heavy atom. The molecule has 1 N–H and O–H groups in total. The summed E-state index contributed by atoms with van der Waals surface area (Å²) in [5.74, 6) is -2.68. The molecule has 0 aromatic rings. The van der Waals surface area contributed by atoms with E-state index in [2.05, 4.69) is 0 Å². The molecule has 0 amide bonds. The zero-order chi connectivity index (χ0) is 23.8. The van der Waals surface area contributed by atoms with Crippen LogP contribution in [-0.4, -0.2) is 42.1 Å². The van der Waals surface area contributed by atoms with Crippen LogP contribution < -0.4 is 0 Å². The van der Waals surface area contributed by atoms with Crippen molar-refractivity contribution in [3.05, 3.63) is 34.3 Å². The number of esters is 2. The number of aliphatic hydroxyl groups is 1. The molecule has 178 valence electrons. The normalized spacial score (nSPS) is 40.7. The van der Waals surface area contributed by atoms with Crippen molar-refractivity contribution in [2.45, 2.75) is 85.2 Å². The fourth-order valence-corrected chi connectivity index (χ4v) is 4.97. The minimum absolute atomic E-state index is 0.112. The van der Waals surface area contributed by atoms with Gasteiger partial charge >= 0.3 is 11.9 Å². The summed E-state index contributed by atoms with van der Waals surface area (Å²) in [6, 6.07) is 0. The molecule has 0 saturated carbocycles. The molecule has 0 spiro atoms. The maximum Gasteiger partial charge on any atom is 0.373 e. The lowest BCUT2D eigenvalue weighted by molar-refractivity contribution is -0.200. The quantitative estimate of drug-likeness (QED) is 0.501. The van der Waals surface area contributed by atoms with Crippen LogP contribution in [0, 0.1) is 17.8 Å². The van der Waals surface area contributed by atoms with Gasteiger partial charge in [-0.15, -0.1) is 0 Å². The topological polar surface area (TPSA) is 91.3 Å². The van der Waals surface area contributed by atoms with E-state index >= 15 is 0 Å². The third-order valence-electron chi connectivity index (χ3n) is 6.76. The minimum atomic E-state index is -1.59. The first-order valence-corrected chi connectivity index (χ1v) is 11.4. The van der Waals surface area contributed by atoms with Gasteiger partial charge in [-0.25, -0.2) is 4.79 Å². The average molecular weight is 449 g/mol. The highest BCUT2D eigenvalue weighted by molar-refractivity contribution is 5.87. The molecule has 2 fully saturated rings. The lowest BCUT2D eigenvalue weighted by atomic mass is 9.82. The maximum atomic E-state index is 12.8. The van der Waals surface area contributed by atoms with Gasteiger partial charge in [0.1, 0.15) is 11.7 Å². The Bertz CT molecular complexity index is 862. The Morgan fingerprint density at radius 2 is 1.91 bits per heavy atom. The summed E-state index contributed by atoms with van der Waals surface area (Å²) in [6.45, 7) is 11.3. The van der Waals surface area contributed by atoms with Gasteiger partial charge in [0.15, 0.2) is 5.79 Å². The van der Waals surface area contributed by atoms with Gasteiger partial charge in [0, 0.05) is 0 Å². The molecule has 7 heteroatoms. The standard InChI is InChI=1S/C25H36O7/c1-13(2)17-10-8-9-14(3)21-18-19(25(6,28)32-21)23(26)31-20(18)15(4)11-12-16(5)30-24(27)22(17)29-7/h9,13,16,18-19,21,28H,8,10-12H2,1-7H3/b14-9-,20-15+,22-17-/t16-,18-,19+,21+,25+/m0/s1. The summed E-state index contributed by atoms with van der Waals surface area (Å²) < 4.78 is 22.8. The smallest absolute Gasteiger partial charge is 0.373 e. The molecule has 32 heavy (non-hydrogen) atoms. The SMILES string of the molecule is CO/C1=C(\C(C)C)CC/C=C(/C)[C@H]2O[C@@](C)(O)[C@H]3C(=O)O/C(=C(\C)CC[C@H](C)OC1=O)[C@@H]23. The minimum Gasteiger partial charge on any atom is -0.490 e. The lowest BCUT2D eigenvalue weighted by Gasteiger charge is -2.23. The van der Waals surface area contributed by atoms with E-state index < -0.39 is 29.7 Å². The number of ether oxygens (including phenoxy) is 4. The van der Waals surface area contributed by atoms with Gasteiger partial charge < -0.3 is 24.1 Å². The number of hydrogen-bond acceptors (Lipinski definition) is 7. The van der Waals surface area contributed by atoms with Crippen molar-refractivity contribution in [3.63, 3.8) is 0 Å². The first kappa shape index (κ1) is 24.5. The van der Waals surface area contributed by atoms with E-state index in [1.165, 1.54) is 14.0 Å². The van der Waals surface area contributed by atoms with Crippen LogP contribution in [0.1, 0.15) is 67.2 Å². The van der Waals surface area contributed by atoms with Crippen molar-refractivity contribution >= 4 is 11.9 Å². The van der Waals surface area contributed by atoms with Crippen LogP contribution in [0.5, 0.6) is 0 Å². The molecule has 0 radical (unpaired) electrons. The highest BCUT2D eigenvalue weighted by atomic mass is 16.7. The molecule has 3 aliphatic heterocycles. The monoisotopic (exact) mass is 448 g/mol. The van der Waals surface area contributed by atoms with Crippen LogP contribution in [0.25, 0.3) is 0 Å². The van der Waals surface area contributed by atoms with Crippen LogP contribution in [0.2, 0.25) is 0 Å². The van der Waals surface area contributed by atoms with E-state index in [-0.39, 0.29) is 23.7 Å². The van der Waals surface area contributed by atoms with E-state index in [1.807, 2.05) is 40.7 Å². The van der Waals surface area contributed by atoms with Gasteiger partial charge in [0.2, 0.25) is 5.76 Å². The van der Waals surface area contributed by atoms with Crippen molar-refractivity contribution in [2.75, 3.05) is 7.11 Å². The summed E-state index contributed by atoms with van der Waals surface area (Å²) in [5.41, 5.74) is 2.72. The molecular weight excluding hydrogens is 412 g/mol. The van der Waals surface area contributed by atoms with Gasteiger partial charge in [-0.2, -0.15) is 0 Å². The largest absolute Gasteiger partial charge is 0.490 e. The van der Waals surface area contributed by atoms with Crippen LogP contribution in [0.4, 0.5) is 0 Å². The van der Waals surface area contributed by atoms with E-state index in [0.29, 0.717) is 31.4 Å². The summed E-state index contributed by atoms with van der Waals surface area (Å²) in [7, 11) is 1.50. The maximum absolute atomic E-state index is 12.8. The van der Waals surface area contributed by atoms with Crippen LogP contribution in [0.15, 0.2) is 34.3 Å². The van der Waals surface area contributed by atoms with Crippen LogP contribution in [0.3, 0.4) is 0 Å². The molecule has 2 saturated heterocycles. The van der Waals surface area contributed by atoms with Gasteiger partial charge in [0.25, 0.3) is 0 Å². The fourth-order valence-electron chi connectivity index (χ4n) is 4.97. The number of cyclic esters (lactones) is 1. The van der Waals surface area contributed by atoms with Gasteiger partial charge in [-0.05, 0) is 76.0 Å². The predicted molar refractivity (Wildman–Crippen MR) is 118 cm³/mol. The van der Waals surface area contributed by atoms with Crippen molar-refractivity contribution in [1.29, 1.82) is 0 Å². The van der Waals surface area contributed by atoms with Crippen molar-refractivity contribution in [2.24, 2.45) is 17.8 Å². The Balaban J connectivity index is 2.04. The second-order valence-electron chi connectivity index (χ2n) is 9.62. The summed E-state index contributed by atoms with van der Waals surface area (Å²) in [5, 5.41) is 10.8. The van der Waals surface area contributed by atoms with Crippen LogP contribution >= 0.6 is 0 Å². The highest BCUT2D eigenvalue weighted by Gasteiger charge is 2.62. The zero-order valence-corrected chi connectivity index (χ0v) is 20.2. The third-order valence-corrected chi connectivity index (χ3v) is 6.76. The number of methoxy groups -OCH3 is 1. The Morgan fingerprint density at radius 3 is 2.53 bits per heavy atom. The number of carbonyl (C=O) groups excluding carboxylic acids is 2. The molecule has 0 aromatic heterocycles. The lowest BCUT2D eigenvalue weighted by Crippen LogP contribution is -2.36. The van der Waals surface area contributed by atoms with E-state index in [9.17, 15) is 14.7 Å². The van der Waals surface area contributed by atoms with Gasteiger partial charge in [0.05, 0.1) is 25.2 Å². The predicted octanol–water partition coefficient (Wildman–Crippen LogP) is 4.17. The second kappa shape index (κ2) is 9.40.